The van der Waals surface area contributed by atoms with Crippen LogP contribution in [0.4, 0.5) is 11.4 Å². The number of carbonyl (C=O) groups is 1. The van der Waals surface area contributed by atoms with E-state index in [1.54, 1.807) is 0 Å². The largest absolute Gasteiger partial charge is 0.484 e. The lowest BCUT2D eigenvalue weighted by molar-refractivity contribution is -0.384. The van der Waals surface area contributed by atoms with Crippen molar-refractivity contribution < 1.29 is 14.5 Å². The van der Waals surface area contributed by atoms with E-state index in [2.05, 4.69) is 24.5 Å². The van der Waals surface area contributed by atoms with Crippen molar-refractivity contribution in [3.8, 4) is 5.75 Å². The van der Waals surface area contributed by atoms with Crippen LogP contribution in [0, 0.1) is 10.1 Å². The molecule has 0 aliphatic heterocycles. The number of nitro groups is 1. The maximum absolute atomic E-state index is 12.0. The zero-order chi connectivity index (χ0) is 19.8. The number of amides is 1. The Kier molecular flexibility index (Phi) is 7.25. The molecule has 7 nitrogen and oxygen atoms in total. The fourth-order valence-corrected chi connectivity index (χ4v) is 2.61. The number of nitrogens with one attached hydrogen (secondary N) is 2. The minimum Gasteiger partial charge on any atom is -0.484 e. The number of anilines is 1. The predicted octanol–water partition coefficient (Wildman–Crippen LogP) is 4.00. The molecule has 0 heterocycles. The maximum atomic E-state index is 12.0. The Labute approximate surface area is 162 Å². The van der Waals surface area contributed by atoms with E-state index < -0.39 is 10.8 Å². The summed E-state index contributed by atoms with van der Waals surface area (Å²) in [6.07, 6.45) is 0.987. The van der Waals surface area contributed by atoms with E-state index in [0.29, 0.717) is 11.7 Å². The summed E-state index contributed by atoms with van der Waals surface area (Å²) in [6, 6.07) is 13.3. The normalized spacial score (nSPS) is 11.3. The highest BCUT2D eigenvalue weighted by Crippen LogP contribution is 2.26. The van der Waals surface area contributed by atoms with Crippen LogP contribution in [0.3, 0.4) is 0 Å². The van der Waals surface area contributed by atoms with Gasteiger partial charge in [0.15, 0.2) is 11.7 Å². The number of benzene rings is 2. The Bertz CT molecular complexity index is 824. The van der Waals surface area contributed by atoms with Gasteiger partial charge in [-0.15, -0.1) is 0 Å². The van der Waals surface area contributed by atoms with Crippen LogP contribution in [0.1, 0.15) is 31.7 Å². The molecule has 142 valence electrons. The number of thiocarbonyl (C=S) groups is 1. The number of hydrogen-bond acceptors (Lipinski definition) is 5. The average Bonchev–Trinajstić information content (AvgIpc) is 2.66. The molecule has 0 saturated carbocycles. The molecule has 1 amide bonds. The topological polar surface area (TPSA) is 93.5 Å². The number of nitro benzene ring substituents is 1. The van der Waals surface area contributed by atoms with Gasteiger partial charge >= 0.3 is 0 Å². The molecule has 27 heavy (non-hydrogen) atoms. The molecule has 0 bridgehead atoms. The molecule has 0 fully saturated rings. The first kappa shape index (κ1) is 20.3. The SMILES string of the molecule is CCC(C)c1ccccc1NC(=S)NC(=O)COc1ccc([N+](=O)[O-])cc1. The van der Waals surface area contributed by atoms with Crippen molar-refractivity contribution >= 4 is 34.6 Å². The number of para-hydroxylation sites is 1. The van der Waals surface area contributed by atoms with Crippen LogP contribution in [0.2, 0.25) is 0 Å². The van der Waals surface area contributed by atoms with Crippen molar-refractivity contribution in [2.75, 3.05) is 11.9 Å². The highest BCUT2D eigenvalue weighted by Gasteiger charge is 2.12. The minimum atomic E-state index is -0.502. The number of rotatable bonds is 7. The third kappa shape index (κ3) is 6.03. The standard InChI is InChI=1S/C19H21N3O4S/c1-3-13(2)16-6-4-5-7-17(16)20-19(27)21-18(23)12-26-15-10-8-14(9-11-15)22(24)25/h4-11,13H,3,12H2,1-2H3,(H2,20,21,23,27). The van der Waals surface area contributed by atoms with Crippen LogP contribution in [-0.4, -0.2) is 22.5 Å². The van der Waals surface area contributed by atoms with Gasteiger partial charge in [-0.05, 0) is 48.3 Å². The molecule has 2 aromatic carbocycles. The number of ether oxygens (including phenoxy) is 1. The van der Waals surface area contributed by atoms with Crippen LogP contribution in [0.15, 0.2) is 48.5 Å². The van der Waals surface area contributed by atoms with Crippen molar-refractivity contribution in [3.05, 3.63) is 64.2 Å². The maximum Gasteiger partial charge on any atom is 0.269 e. The van der Waals surface area contributed by atoms with E-state index in [9.17, 15) is 14.9 Å². The quantitative estimate of drug-likeness (QED) is 0.424. The predicted molar refractivity (Wildman–Crippen MR) is 108 cm³/mol. The molecular weight excluding hydrogens is 366 g/mol. The monoisotopic (exact) mass is 387 g/mol. The summed E-state index contributed by atoms with van der Waals surface area (Å²) in [7, 11) is 0. The lowest BCUT2D eigenvalue weighted by atomic mass is 9.97. The molecule has 0 aromatic heterocycles. The van der Waals surface area contributed by atoms with Gasteiger partial charge in [0, 0.05) is 17.8 Å². The first-order valence-corrected chi connectivity index (χ1v) is 8.88. The Balaban J connectivity index is 1.87. The third-order valence-corrected chi connectivity index (χ3v) is 4.23. The highest BCUT2D eigenvalue weighted by atomic mass is 32.1. The average molecular weight is 387 g/mol. The number of hydrogen-bond donors (Lipinski definition) is 2. The summed E-state index contributed by atoms with van der Waals surface area (Å²) >= 11 is 5.20. The van der Waals surface area contributed by atoms with Gasteiger partial charge in [0.25, 0.3) is 11.6 Å². The van der Waals surface area contributed by atoms with Crippen molar-refractivity contribution in [3.63, 3.8) is 0 Å². The molecule has 0 radical (unpaired) electrons. The Hall–Kier alpha value is -3.00. The molecule has 8 heteroatoms. The molecule has 2 aromatic rings. The molecule has 0 aliphatic carbocycles. The van der Waals surface area contributed by atoms with Crippen LogP contribution < -0.4 is 15.4 Å². The van der Waals surface area contributed by atoms with Crippen molar-refractivity contribution in [1.29, 1.82) is 0 Å². The fourth-order valence-electron chi connectivity index (χ4n) is 2.39. The number of carbonyl (C=O) groups excluding carboxylic acids is 1. The van der Waals surface area contributed by atoms with Gasteiger partial charge in [0.1, 0.15) is 5.75 Å². The summed E-state index contributed by atoms with van der Waals surface area (Å²) in [5.41, 5.74) is 1.93. The first-order valence-electron chi connectivity index (χ1n) is 8.47. The van der Waals surface area contributed by atoms with E-state index >= 15 is 0 Å². The Morgan fingerprint density at radius 1 is 1.22 bits per heavy atom. The summed E-state index contributed by atoms with van der Waals surface area (Å²) < 4.78 is 5.31. The molecule has 2 rings (SSSR count). The summed E-state index contributed by atoms with van der Waals surface area (Å²) in [4.78, 5) is 22.1. The summed E-state index contributed by atoms with van der Waals surface area (Å²) in [5.74, 6) is 0.293. The lowest BCUT2D eigenvalue weighted by Crippen LogP contribution is -2.37. The zero-order valence-corrected chi connectivity index (χ0v) is 15.9. The van der Waals surface area contributed by atoms with Crippen molar-refractivity contribution in [2.24, 2.45) is 0 Å². The first-order chi connectivity index (χ1) is 12.9. The fraction of sp³-hybridized carbons (Fsp3) is 0.263. The van der Waals surface area contributed by atoms with Crippen LogP contribution >= 0.6 is 12.2 Å². The van der Waals surface area contributed by atoms with E-state index in [-0.39, 0.29) is 17.4 Å². The third-order valence-electron chi connectivity index (χ3n) is 4.02. The van der Waals surface area contributed by atoms with E-state index in [0.717, 1.165) is 17.7 Å². The molecule has 2 N–H and O–H groups in total. The van der Waals surface area contributed by atoms with Gasteiger partial charge in [0.2, 0.25) is 0 Å². The highest BCUT2D eigenvalue weighted by molar-refractivity contribution is 7.80. The van der Waals surface area contributed by atoms with Gasteiger partial charge in [0.05, 0.1) is 4.92 Å². The molecule has 0 saturated heterocycles. The molecule has 0 aliphatic rings. The molecular formula is C19H21N3O4S. The minimum absolute atomic E-state index is 0.0443. The van der Waals surface area contributed by atoms with Gasteiger partial charge in [-0.2, -0.15) is 0 Å². The second-order valence-electron chi connectivity index (χ2n) is 5.94. The Morgan fingerprint density at radius 2 is 1.89 bits per heavy atom. The van der Waals surface area contributed by atoms with Crippen LogP contribution in [-0.2, 0) is 4.79 Å². The molecule has 0 spiro atoms. The number of non-ortho nitro benzene ring substituents is 1. The van der Waals surface area contributed by atoms with Gasteiger partial charge in [-0.25, -0.2) is 0 Å². The Morgan fingerprint density at radius 3 is 2.52 bits per heavy atom. The van der Waals surface area contributed by atoms with E-state index in [1.807, 2.05) is 24.3 Å². The molecule has 1 unspecified atom stereocenters. The smallest absolute Gasteiger partial charge is 0.269 e. The van der Waals surface area contributed by atoms with Gasteiger partial charge in [-0.1, -0.05) is 32.0 Å². The van der Waals surface area contributed by atoms with E-state index in [1.165, 1.54) is 24.3 Å². The molecule has 1 atom stereocenters. The van der Waals surface area contributed by atoms with E-state index in [4.69, 9.17) is 17.0 Å². The summed E-state index contributed by atoms with van der Waals surface area (Å²) in [5, 5.41) is 16.4. The van der Waals surface area contributed by atoms with Crippen LogP contribution in [0.5, 0.6) is 5.75 Å². The van der Waals surface area contributed by atoms with Crippen molar-refractivity contribution in [1.82, 2.24) is 5.32 Å². The van der Waals surface area contributed by atoms with Gasteiger partial charge < -0.3 is 10.1 Å². The lowest BCUT2D eigenvalue weighted by Gasteiger charge is -2.17. The summed E-state index contributed by atoms with van der Waals surface area (Å²) in [6.45, 7) is 3.98. The van der Waals surface area contributed by atoms with Crippen molar-refractivity contribution in [2.45, 2.75) is 26.2 Å². The van der Waals surface area contributed by atoms with Crippen LogP contribution in [0.25, 0.3) is 0 Å². The van der Waals surface area contributed by atoms with Gasteiger partial charge in [-0.3, -0.25) is 20.2 Å². The second kappa shape index (κ2) is 9.63. The second-order valence-corrected chi connectivity index (χ2v) is 6.35. The number of nitrogens with zero attached hydrogens (tertiary/aromatic N) is 1. The zero-order valence-electron chi connectivity index (χ0n) is 15.1.